The van der Waals surface area contributed by atoms with Crippen molar-refractivity contribution in [1.29, 1.82) is 0 Å². The van der Waals surface area contributed by atoms with Crippen LogP contribution < -0.4 is 10.3 Å². The third kappa shape index (κ3) is 5.47. The van der Waals surface area contributed by atoms with Crippen molar-refractivity contribution in [3.63, 3.8) is 0 Å². The van der Waals surface area contributed by atoms with Gasteiger partial charge in [0.05, 0.1) is 43.3 Å². The molecule has 2 fully saturated rings. The van der Waals surface area contributed by atoms with E-state index < -0.39 is 14.9 Å². The van der Waals surface area contributed by atoms with Gasteiger partial charge in [-0.1, -0.05) is 12.1 Å². The van der Waals surface area contributed by atoms with E-state index in [4.69, 9.17) is 9.47 Å². The number of nitrogens with zero attached hydrogens (tertiary/aromatic N) is 4. The number of benzene rings is 2. The van der Waals surface area contributed by atoms with Crippen molar-refractivity contribution in [2.45, 2.75) is 4.90 Å². The van der Waals surface area contributed by atoms with Crippen LogP contribution in [0, 0.1) is 10.1 Å². The van der Waals surface area contributed by atoms with Gasteiger partial charge in [-0.25, -0.2) is 8.42 Å². The summed E-state index contributed by atoms with van der Waals surface area (Å²) in [6, 6.07) is 11.5. The number of nitrogens with one attached hydrogen (secondary N) is 1. The van der Waals surface area contributed by atoms with Crippen molar-refractivity contribution < 1.29 is 22.8 Å². The number of nitro benzene ring substituents is 1. The first-order valence-electron chi connectivity index (χ1n) is 10.5. The minimum Gasteiger partial charge on any atom is -0.379 e. The van der Waals surface area contributed by atoms with Gasteiger partial charge in [0.25, 0.3) is 5.69 Å². The zero-order valence-corrected chi connectivity index (χ0v) is 18.7. The molecule has 1 N–H and O–H groups in total. The highest BCUT2D eigenvalue weighted by atomic mass is 32.2. The molecule has 2 saturated heterocycles. The summed E-state index contributed by atoms with van der Waals surface area (Å²) in [6.07, 6.45) is 1.57. The van der Waals surface area contributed by atoms with Crippen LogP contribution in [-0.2, 0) is 19.5 Å². The molecule has 2 aromatic carbocycles. The van der Waals surface area contributed by atoms with Crippen LogP contribution >= 0.6 is 0 Å². The molecule has 2 heterocycles. The van der Waals surface area contributed by atoms with Crippen LogP contribution in [0.1, 0.15) is 5.56 Å². The van der Waals surface area contributed by atoms with Gasteiger partial charge in [-0.15, -0.1) is 0 Å². The predicted octanol–water partition coefficient (Wildman–Crippen LogP) is 1.90. The van der Waals surface area contributed by atoms with Gasteiger partial charge < -0.3 is 14.4 Å². The summed E-state index contributed by atoms with van der Waals surface area (Å²) in [5, 5.41) is 15.4. The number of rotatable bonds is 7. The van der Waals surface area contributed by atoms with Gasteiger partial charge in [-0.05, 0) is 23.8 Å². The molecule has 0 unspecified atom stereocenters. The maximum atomic E-state index is 13.1. The van der Waals surface area contributed by atoms with Gasteiger partial charge in [0, 0.05) is 44.0 Å². The van der Waals surface area contributed by atoms with Gasteiger partial charge in [0.2, 0.25) is 10.0 Å². The fourth-order valence-electron chi connectivity index (χ4n) is 3.63. The van der Waals surface area contributed by atoms with Gasteiger partial charge in [0.15, 0.2) is 0 Å². The lowest BCUT2D eigenvalue weighted by Crippen LogP contribution is -2.40. The van der Waals surface area contributed by atoms with Crippen molar-refractivity contribution in [1.82, 2.24) is 4.31 Å². The number of morpholine rings is 2. The molecule has 0 atom stereocenters. The summed E-state index contributed by atoms with van der Waals surface area (Å²) < 4.78 is 38.1. The summed E-state index contributed by atoms with van der Waals surface area (Å²) in [4.78, 5) is 12.6. The van der Waals surface area contributed by atoms with E-state index >= 15 is 0 Å². The zero-order chi connectivity index (χ0) is 23.3. The van der Waals surface area contributed by atoms with E-state index in [1.807, 2.05) is 24.3 Å². The largest absolute Gasteiger partial charge is 0.379 e. The maximum absolute atomic E-state index is 13.1. The van der Waals surface area contributed by atoms with Gasteiger partial charge in [-0.3, -0.25) is 15.5 Å². The van der Waals surface area contributed by atoms with Crippen molar-refractivity contribution >= 4 is 33.3 Å². The standard InChI is InChI=1S/C21H25N5O6S/c27-26(28)19-5-6-20(21(15-19)33(29,30)25-9-13-32-14-10-25)23-22-16-17-1-3-18(4-2-17)24-7-11-31-12-8-24/h1-6,15-16,23H,7-14H2/b22-16+. The van der Waals surface area contributed by atoms with Crippen LogP contribution in [0.25, 0.3) is 0 Å². The Morgan fingerprint density at radius 2 is 1.61 bits per heavy atom. The number of ether oxygens (including phenoxy) is 2. The average Bonchev–Trinajstić information content (AvgIpc) is 2.85. The second-order valence-electron chi connectivity index (χ2n) is 7.51. The zero-order valence-electron chi connectivity index (χ0n) is 17.9. The molecule has 0 amide bonds. The van der Waals surface area contributed by atoms with E-state index in [0.29, 0.717) is 13.2 Å². The SMILES string of the molecule is O=[N+]([O-])c1ccc(N/N=C/c2ccc(N3CCOCC3)cc2)c(S(=O)(=O)N2CCOCC2)c1. The molecule has 0 bridgehead atoms. The van der Waals surface area contributed by atoms with Crippen molar-refractivity contribution in [3.8, 4) is 0 Å². The Morgan fingerprint density at radius 1 is 0.970 bits per heavy atom. The molecule has 33 heavy (non-hydrogen) atoms. The maximum Gasteiger partial charge on any atom is 0.270 e. The first kappa shape index (κ1) is 23.1. The molecule has 0 aromatic heterocycles. The molecule has 2 aliphatic rings. The second-order valence-corrected chi connectivity index (χ2v) is 9.42. The Balaban J connectivity index is 1.52. The third-order valence-electron chi connectivity index (χ3n) is 5.43. The van der Waals surface area contributed by atoms with Crippen LogP contribution in [0.3, 0.4) is 0 Å². The number of anilines is 2. The Hall–Kier alpha value is -3.06. The van der Waals surface area contributed by atoms with Crippen LogP contribution in [0.4, 0.5) is 17.1 Å². The van der Waals surface area contributed by atoms with Crippen molar-refractivity contribution in [2.75, 3.05) is 62.9 Å². The summed E-state index contributed by atoms with van der Waals surface area (Å²) in [7, 11) is -3.97. The smallest absolute Gasteiger partial charge is 0.270 e. The van der Waals surface area contributed by atoms with Crippen molar-refractivity contribution in [2.24, 2.45) is 5.10 Å². The Morgan fingerprint density at radius 3 is 2.24 bits per heavy atom. The van der Waals surface area contributed by atoms with Gasteiger partial charge in [-0.2, -0.15) is 9.41 Å². The molecule has 12 heteroatoms. The number of hydrogen-bond acceptors (Lipinski definition) is 9. The van der Waals surface area contributed by atoms with E-state index in [9.17, 15) is 18.5 Å². The quantitative estimate of drug-likeness (QED) is 0.366. The Labute approximate surface area is 191 Å². The fourth-order valence-corrected chi connectivity index (χ4v) is 5.19. The summed E-state index contributed by atoms with van der Waals surface area (Å²) in [5.41, 5.74) is 4.50. The Bertz CT molecular complexity index is 1110. The number of non-ortho nitro benzene ring substituents is 1. The van der Waals surface area contributed by atoms with Crippen molar-refractivity contribution in [3.05, 3.63) is 58.1 Å². The molecule has 2 aromatic rings. The molecule has 2 aliphatic heterocycles. The van der Waals surface area contributed by atoms with E-state index in [1.165, 1.54) is 16.4 Å². The van der Waals surface area contributed by atoms with E-state index in [-0.39, 0.29) is 42.6 Å². The second kappa shape index (κ2) is 10.3. The van der Waals surface area contributed by atoms with Crippen LogP contribution in [0.15, 0.2) is 52.5 Å². The molecule has 176 valence electrons. The molecular formula is C21H25N5O6S. The molecule has 0 spiro atoms. The molecule has 11 nitrogen and oxygen atoms in total. The number of hydrazone groups is 1. The van der Waals surface area contributed by atoms with E-state index in [1.54, 1.807) is 6.21 Å². The lowest BCUT2D eigenvalue weighted by molar-refractivity contribution is -0.385. The normalized spacial score (nSPS) is 17.9. The van der Waals surface area contributed by atoms with Gasteiger partial charge in [0.1, 0.15) is 4.90 Å². The topological polar surface area (TPSA) is 127 Å². The highest BCUT2D eigenvalue weighted by Gasteiger charge is 2.30. The highest BCUT2D eigenvalue weighted by molar-refractivity contribution is 7.89. The number of sulfonamides is 1. The first-order chi connectivity index (χ1) is 15.9. The average molecular weight is 476 g/mol. The molecule has 4 rings (SSSR count). The lowest BCUT2D eigenvalue weighted by Gasteiger charge is -2.28. The third-order valence-corrected chi connectivity index (χ3v) is 7.37. The van der Waals surface area contributed by atoms with E-state index in [2.05, 4.69) is 15.4 Å². The molecular weight excluding hydrogens is 450 g/mol. The molecule has 0 aliphatic carbocycles. The van der Waals surface area contributed by atoms with Crippen LogP contribution in [0.2, 0.25) is 0 Å². The van der Waals surface area contributed by atoms with Crippen LogP contribution in [-0.4, -0.2) is 76.5 Å². The highest BCUT2D eigenvalue weighted by Crippen LogP contribution is 2.29. The Kier molecular flexibility index (Phi) is 7.18. The summed E-state index contributed by atoms with van der Waals surface area (Å²) in [5.74, 6) is 0. The van der Waals surface area contributed by atoms with E-state index in [0.717, 1.165) is 30.4 Å². The number of nitro groups is 1. The van der Waals surface area contributed by atoms with Crippen LogP contribution in [0.5, 0.6) is 0 Å². The lowest BCUT2D eigenvalue weighted by atomic mass is 10.2. The molecule has 0 radical (unpaired) electrons. The summed E-state index contributed by atoms with van der Waals surface area (Å²) in [6.45, 7) is 4.01. The monoisotopic (exact) mass is 475 g/mol. The fraction of sp³-hybridized carbons (Fsp3) is 0.381. The first-order valence-corrected chi connectivity index (χ1v) is 12.0. The predicted molar refractivity (Wildman–Crippen MR) is 123 cm³/mol. The minimum atomic E-state index is -3.97. The van der Waals surface area contributed by atoms with Gasteiger partial charge >= 0.3 is 0 Å². The summed E-state index contributed by atoms with van der Waals surface area (Å²) >= 11 is 0. The minimum absolute atomic E-state index is 0.160. The molecule has 0 saturated carbocycles. The number of hydrogen-bond donors (Lipinski definition) is 1.